The topological polar surface area (TPSA) is 21.6 Å². The van der Waals surface area contributed by atoms with E-state index in [4.69, 9.17) is 9.73 Å². The molecular weight excluding hydrogens is 362 g/mol. The zero-order valence-corrected chi connectivity index (χ0v) is 15.4. The van der Waals surface area contributed by atoms with E-state index in [-0.39, 0.29) is 5.54 Å². The number of ether oxygens (including phenoxy) is 1. The summed E-state index contributed by atoms with van der Waals surface area (Å²) in [5.41, 5.74) is 3.94. The Morgan fingerprint density at radius 1 is 1.04 bits per heavy atom. The highest BCUT2D eigenvalue weighted by atomic mass is 79.9. The fourth-order valence-corrected chi connectivity index (χ4v) is 4.33. The van der Waals surface area contributed by atoms with Crippen molar-refractivity contribution in [3.05, 3.63) is 63.6 Å². The highest BCUT2D eigenvalue weighted by Gasteiger charge is 2.34. The van der Waals surface area contributed by atoms with Crippen molar-refractivity contribution in [3.63, 3.8) is 0 Å². The van der Waals surface area contributed by atoms with Gasteiger partial charge in [0.25, 0.3) is 0 Å². The van der Waals surface area contributed by atoms with Crippen molar-refractivity contribution in [2.24, 2.45) is 4.99 Å². The SMILES string of the molecule is Brc1cc2c(cc1OCc1ccccc1)CC1(CCCCC1)N=C2. The van der Waals surface area contributed by atoms with Crippen LogP contribution in [0.25, 0.3) is 0 Å². The molecule has 4 rings (SSSR count). The van der Waals surface area contributed by atoms with Crippen molar-refractivity contribution in [2.45, 2.75) is 50.7 Å². The first kappa shape index (κ1) is 15.9. The molecule has 1 heterocycles. The molecule has 2 aromatic carbocycles. The molecule has 1 aliphatic carbocycles. The third-order valence-corrected chi connectivity index (χ3v) is 5.83. The Morgan fingerprint density at radius 3 is 2.62 bits per heavy atom. The van der Waals surface area contributed by atoms with Gasteiger partial charge in [0.15, 0.2) is 0 Å². The highest BCUT2D eigenvalue weighted by Crippen LogP contribution is 2.40. The Morgan fingerprint density at radius 2 is 1.83 bits per heavy atom. The molecular formula is C21H22BrNO. The number of aliphatic imine (C=N–C) groups is 1. The summed E-state index contributed by atoms with van der Waals surface area (Å²) in [6.07, 6.45) is 9.54. The molecule has 2 nitrogen and oxygen atoms in total. The predicted molar refractivity (Wildman–Crippen MR) is 102 cm³/mol. The summed E-state index contributed by atoms with van der Waals surface area (Å²) < 4.78 is 7.08. The molecule has 3 heteroatoms. The maximum Gasteiger partial charge on any atom is 0.134 e. The number of halogens is 1. The number of hydrogen-bond donors (Lipinski definition) is 0. The third kappa shape index (κ3) is 3.27. The van der Waals surface area contributed by atoms with Gasteiger partial charge in [-0.25, -0.2) is 0 Å². The van der Waals surface area contributed by atoms with Crippen LogP contribution in [-0.2, 0) is 13.0 Å². The summed E-state index contributed by atoms with van der Waals surface area (Å²) in [6, 6.07) is 14.7. The first-order valence-corrected chi connectivity index (χ1v) is 9.58. The molecule has 0 amide bonds. The Balaban J connectivity index is 1.55. The van der Waals surface area contributed by atoms with Gasteiger partial charge in [0.05, 0.1) is 10.0 Å². The van der Waals surface area contributed by atoms with E-state index in [2.05, 4.69) is 46.4 Å². The van der Waals surface area contributed by atoms with Crippen LogP contribution in [-0.4, -0.2) is 11.8 Å². The van der Waals surface area contributed by atoms with Gasteiger partial charge in [-0.05, 0) is 64.0 Å². The lowest BCUT2D eigenvalue weighted by atomic mass is 9.76. The molecule has 1 aliphatic heterocycles. The van der Waals surface area contributed by atoms with Gasteiger partial charge < -0.3 is 4.74 Å². The summed E-state index contributed by atoms with van der Waals surface area (Å²) in [7, 11) is 0. The number of benzene rings is 2. The highest BCUT2D eigenvalue weighted by molar-refractivity contribution is 9.10. The van der Waals surface area contributed by atoms with Crippen molar-refractivity contribution >= 4 is 22.1 Å². The van der Waals surface area contributed by atoms with Crippen molar-refractivity contribution in [1.29, 1.82) is 0 Å². The molecule has 2 aromatic rings. The number of rotatable bonds is 3. The van der Waals surface area contributed by atoms with Crippen LogP contribution < -0.4 is 4.74 Å². The molecule has 1 spiro atoms. The summed E-state index contributed by atoms with van der Waals surface area (Å²) in [4.78, 5) is 4.94. The van der Waals surface area contributed by atoms with Gasteiger partial charge in [-0.2, -0.15) is 0 Å². The second-order valence-electron chi connectivity index (χ2n) is 6.98. The lowest BCUT2D eigenvalue weighted by molar-refractivity contribution is 0.291. The molecule has 24 heavy (non-hydrogen) atoms. The summed E-state index contributed by atoms with van der Waals surface area (Å²) in [5.74, 6) is 0.930. The van der Waals surface area contributed by atoms with Crippen LogP contribution in [0.1, 0.15) is 48.8 Å². The zero-order chi connectivity index (χ0) is 16.4. The van der Waals surface area contributed by atoms with Gasteiger partial charge in [-0.15, -0.1) is 0 Å². The van der Waals surface area contributed by atoms with Crippen LogP contribution in [0.2, 0.25) is 0 Å². The second kappa shape index (κ2) is 6.72. The fourth-order valence-electron chi connectivity index (χ4n) is 3.85. The van der Waals surface area contributed by atoms with Crippen molar-refractivity contribution < 1.29 is 4.74 Å². The molecule has 0 N–H and O–H groups in total. The van der Waals surface area contributed by atoms with E-state index in [0.717, 1.165) is 16.6 Å². The van der Waals surface area contributed by atoms with Gasteiger partial charge >= 0.3 is 0 Å². The van der Waals surface area contributed by atoms with Gasteiger partial charge in [0.2, 0.25) is 0 Å². The van der Waals surface area contributed by atoms with Crippen LogP contribution >= 0.6 is 15.9 Å². The fraction of sp³-hybridized carbons (Fsp3) is 0.381. The van der Waals surface area contributed by atoms with E-state index in [0.29, 0.717) is 6.61 Å². The minimum absolute atomic E-state index is 0.149. The summed E-state index contributed by atoms with van der Waals surface area (Å²) in [6.45, 7) is 0.595. The lowest BCUT2D eigenvalue weighted by Crippen LogP contribution is -2.34. The molecule has 0 unspecified atom stereocenters. The molecule has 2 aliphatic rings. The maximum absolute atomic E-state index is 6.07. The first-order chi connectivity index (χ1) is 11.7. The molecule has 0 bridgehead atoms. The number of nitrogens with zero attached hydrogens (tertiary/aromatic N) is 1. The van der Waals surface area contributed by atoms with Crippen LogP contribution in [0.5, 0.6) is 5.75 Å². The average molecular weight is 384 g/mol. The maximum atomic E-state index is 6.07. The van der Waals surface area contributed by atoms with Gasteiger partial charge in [-0.3, -0.25) is 4.99 Å². The molecule has 0 atom stereocenters. The first-order valence-electron chi connectivity index (χ1n) is 8.79. The predicted octanol–water partition coefficient (Wildman–Crippen LogP) is 5.71. The Hall–Kier alpha value is -1.61. The minimum Gasteiger partial charge on any atom is -0.488 e. The molecule has 0 aromatic heterocycles. The monoisotopic (exact) mass is 383 g/mol. The quantitative estimate of drug-likeness (QED) is 0.665. The largest absolute Gasteiger partial charge is 0.488 e. The van der Waals surface area contributed by atoms with Crippen LogP contribution in [0.4, 0.5) is 0 Å². The molecule has 124 valence electrons. The van der Waals surface area contributed by atoms with E-state index in [1.54, 1.807) is 0 Å². The summed E-state index contributed by atoms with van der Waals surface area (Å²) >= 11 is 3.65. The van der Waals surface area contributed by atoms with Crippen molar-refractivity contribution in [2.75, 3.05) is 0 Å². The standard InChI is InChI=1S/C21H22BrNO/c22-19-11-18-14-23-21(9-5-2-6-10-21)13-17(18)12-20(19)24-15-16-7-3-1-4-8-16/h1,3-4,7-8,11-12,14H,2,5-6,9-10,13,15H2. The molecule has 1 saturated carbocycles. The smallest absolute Gasteiger partial charge is 0.134 e. The Bertz CT molecular complexity index is 748. The van der Waals surface area contributed by atoms with E-state index in [1.807, 2.05) is 18.2 Å². The summed E-state index contributed by atoms with van der Waals surface area (Å²) in [5, 5.41) is 0. The average Bonchev–Trinajstić information content (AvgIpc) is 2.62. The molecule has 1 fully saturated rings. The van der Waals surface area contributed by atoms with Crippen LogP contribution in [0.15, 0.2) is 51.9 Å². The number of hydrogen-bond acceptors (Lipinski definition) is 2. The zero-order valence-electron chi connectivity index (χ0n) is 13.8. The Labute approximate surface area is 152 Å². The second-order valence-corrected chi connectivity index (χ2v) is 7.83. The van der Waals surface area contributed by atoms with E-state index >= 15 is 0 Å². The molecule has 0 radical (unpaired) electrons. The van der Waals surface area contributed by atoms with E-state index < -0.39 is 0 Å². The normalized spacial score (nSPS) is 18.4. The Kier molecular flexibility index (Phi) is 4.45. The van der Waals surface area contributed by atoms with Crippen molar-refractivity contribution in [3.8, 4) is 5.75 Å². The molecule has 0 saturated heterocycles. The van der Waals surface area contributed by atoms with E-state index in [1.165, 1.54) is 48.8 Å². The van der Waals surface area contributed by atoms with E-state index in [9.17, 15) is 0 Å². The van der Waals surface area contributed by atoms with Gasteiger partial charge in [-0.1, -0.05) is 49.6 Å². The van der Waals surface area contributed by atoms with Gasteiger partial charge in [0.1, 0.15) is 12.4 Å². The van der Waals surface area contributed by atoms with Gasteiger partial charge in [0, 0.05) is 6.21 Å². The minimum atomic E-state index is 0.149. The van der Waals surface area contributed by atoms with Crippen LogP contribution in [0, 0.1) is 0 Å². The van der Waals surface area contributed by atoms with Crippen LogP contribution in [0.3, 0.4) is 0 Å². The number of fused-ring (bicyclic) bond motifs is 1. The third-order valence-electron chi connectivity index (χ3n) is 5.21. The lowest BCUT2D eigenvalue weighted by Gasteiger charge is -2.36. The van der Waals surface area contributed by atoms with Crippen molar-refractivity contribution in [1.82, 2.24) is 0 Å².